The maximum Gasteiger partial charge on any atom is 0.227 e. The van der Waals surface area contributed by atoms with E-state index in [0.29, 0.717) is 18.5 Å². The zero-order chi connectivity index (χ0) is 20.5. The highest BCUT2D eigenvalue weighted by Crippen LogP contribution is 2.35. The first-order valence-corrected chi connectivity index (χ1v) is 11.4. The summed E-state index contributed by atoms with van der Waals surface area (Å²) in [4.78, 5) is 15.5. The SMILES string of the molecule is O=C([C@@H]1CCCNC1)N(Cc1cn(Cc2ccccc2)c2cccc(Cl)c12)C1CC1. The summed E-state index contributed by atoms with van der Waals surface area (Å²) in [7, 11) is 0. The number of nitrogens with zero attached hydrogens (tertiary/aromatic N) is 2. The number of amides is 1. The monoisotopic (exact) mass is 421 g/mol. The molecular formula is C25H28ClN3O. The quantitative estimate of drug-likeness (QED) is 0.618. The summed E-state index contributed by atoms with van der Waals surface area (Å²) < 4.78 is 2.27. The molecule has 1 aromatic heterocycles. The number of hydrogen-bond donors (Lipinski definition) is 1. The zero-order valence-electron chi connectivity index (χ0n) is 17.2. The number of aromatic nitrogens is 1. The van der Waals surface area contributed by atoms with E-state index in [0.717, 1.165) is 66.8 Å². The molecule has 2 aliphatic rings. The van der Waals surface area contributed by atoms with Crippen LogP contribution in [0.1, 0.15) is 36.8 Å². The first-order chi connectivity index (χ1) is 14.7. The maximum atomic E-state index is 13.3. The number of halogens is 1. The number of piperidine rings is 1. The molecule has 0 spiro atoms. The van der Waals surface area contributed by atoms with E-state index >= 15 is 0 Å². The van der Waals surface area contributed by atoms with Crippen molar-refractivity contribution in [2.45, 2.75) is 44.8 Å². The Morgan fingerprint density at radius 2 is 1.93 bits per heavy atom. The third kappa shape index (κ3) is 3.99. The summed E-state index contributed by atoms with van der Waals surface area (Å²) in [5.41, 5.74) is 3.53. The first kappa shape index (κ1) is 19.7. The van der Waals surface area contributed by atoms with Crippen molar-refractivity contribution in [2.24, 2.45) is 5.92 Å². The van der Waals surface area contributed by atoms with Crippen LogP contribution in [0.25, 0.3) is 10.9 Å². The van der Waals surface area contributed by atoms with Gasteiger partial charge in [-0.3, -0.25) is 4.79 Å². The van der Waals surface area contributed by atoms with E-state index in [1.807, 2.05) is 18.2 Å². The minimum atomic E-state index is 0.104. The first-order valence-electron chi connectivity index (χ1n) is 11.0. The van der Waals surface area contributed by atoms with Gasteiger partial charge in [0, 0.05) is 37.3 Å². The van der Waals surface area contributed by atoms with Gasteiger partial charge in [-0.25, -0.2) is 0 Å². The summed E-state index contributed by atoms with van der Waals surface area (Å²) in [6.07, 6.45) is 6.50. The van der Waals surface area contributed by atoms with Crippen molar-refractivity contribution in [3.8, 4) is 0 Å². The number of carbonyl (C=O) groups excluding carboxylic acids is 1. The fourth-order valence-electron chi connectivity index (χ4n) is 4.68. The van der Waals surface area contributed by atoms with Crippen LogP contribution in [0.4, 0.5) is 0 Å². The van der Waals surface area contributed by atoms with E-state index in [2.05, 4.69) is 51.3 Å². The van der Waals surface area contributed by atoms with Crippen molar-refractivity contribution in [1.29, 1.82) is 0 Å². The molecule has 0 radical (unpaired) electrons. The van der Waals surface area contributed by atoms with Crippen molar-refractivity contribution >= 4 is 28.4 Å². The molecule has 0 bridgehead atoms. The molecule has 5 rings (SSSR count). The van der Waals surface area contributed by atoms with Crippen molar-refractivity contribution in [2.75, 3.05) is 13.1 Å². The number of nitrogens with one attached hydrogen (secondary N) is 1. The molecular weight excluding hydrogens is 394 g/mol. The Morgan fingerprint density at radius 1 is 1.10 bits per heavy atom. The lowest BCUT2D eigenvalue weighted by molar-refractivity contribution is -0.137. The molecule has 4 nitrogen and oxygen atoms in total. The molecule has 2 fully saturated rings. The number of benzene rings is 2. The predicted octanol–water partition coefficient (Wildman–Crippen LogP) is 4.83. The van der Waals surface area contributed by atoms with E-state index in [4.69, 9.17) is 11.6 Å². The minimum Gasteiger partial charge on any atom is -0.343 e. The van der Waals surface area contributed by atoms with E-state index < -0.39 is 0 Å². The Labute approximate surface area is 182 Å². The van der Waals surface area contributed by atoms with Gasteiger partial charge in [-0.2, -0.15) is 0 Å². The second kappa shape index (κ2) is 8.44. The number of fused-ring (bicyclic) bond motifs is 1. The summed E-state index contributed by atoms with van der Waals surface area (Å²) >= 11 is 6.66. The molecule has 1 N–H and O–H groups in total. The normalized spacial score (nSPS) is 19.2. The Bertz CT molecular complexity index is 1040. The summed E-state index contributed by atoms with van der Waals surface area (Å²) in [5.74, 6) is 0.410. The largest absolute Gasteiger partial charge is 0.343 e. The number of rotatable bonds is 6. The van der Waals surface area contributed by atoms with E-state index in [1.165, 1.54) is 5.56 Å². The van der Waals surface area contributed by atoms with Crippen LogP contribution in [-0.2, 0) is 17.9 Å². The van der Waals surface area contributed by atoms with Gasteiger partial charge in [0.1, 0.15) is 0 Å². The number of hydrogen-bond acceptors (Lipinski definition) is 2. The maximum absolute atomic E-state index is 13.3. The van der Waals surface area contributed by atoms with Gasteiger partial charge in [-0.1, -0.05) is 48.0 Å². The summed E-state index contributed by atoms with van der Waals surface area (Å²) in [6.45, 7) is 3.26. The van der Waals surface area contributed by atoms with E-state index in [9.17, 15) is 4.79 Å². The molecule has 1 aliphatic heterocycles. The highest BCUT2D eigenvalue weighted by atomic mass is 35.5. The van der Waals surface area contributed by atoms with Crippen molar-refractivity contribution < 1.29 is 4.79 Å². The van der Waals surface area contributed by atoms with Crippen LogP contribution in [0.2, 0.25) is 5.02 Å². The average Bonchev–Trinajstić information content (AvgIpc) is 3.56. The molecule has 1 amide bonds. The molecule has 1 atom stereocenters. The topological polar surface area (TPSA) is 37.3 Å². The Hall–Kier alpha value is -2.30. The molecule has 156 valence electrons. The van der Waals surface area contributed by atoms with Crippen LogP contribution >= 0.6 is 11.6 Å². The van der Waals surface area contributed by atoms with Gasteiger partial charge in [0.25, 0.3) is 0 Å². The fourth-order valence-corrected chi connectivity index (χ4v) is 4.97. The van der Waals surface area contributed by atoms with Crippen molar-refractivity contribution in [1.82, 2.24) is 14.8 Å². The van der Waals surface area contributed by atoms with Gasteiger partial charge < -0.3 is 14.8 Å². The van der Waals surface area contributed by atoms with E-state index in [-0.39, 0.29) is 5.92 Å². The predicted molar refractivity (Wildman–Crippen MR) is 122 cm³/mol. The third-order valence-electron chi connectivity index (χ3n) is 6.39. The highest BCUT2D eigenvalue weighted by molar-refractivity contribution is 6.35. The molecule has 1 aliphatic carbocycles. The fraction of sp³-hybridized carbons (Fsp3) is 0.400. The van der Waals surface area contributed by atoms with Gasteiger partial charge in [0.15, 0.2) is 0 Å². The van der Waals surface area contributed by atoms with Crippen LogP contribution in [0.15, 0.2) is 54.7 Å². The van der Waals surface area contributed by atoms with Crippen LogP contribution in [0.3, 0.4) is 0 Å². The minimum absolute atomic E-state index is 0.104. The van der Waals surface area contributed by atoms with Gasteiger partial charge in [0.2, 0.25) is 5.91 Å². The molecule has 3 aromatic rings. The molecule has 2 aromatic carbocycles. The average molecular weight is 422 g/mol. The summed E-state index contributed by atoms with van der Waals surface area (Å²) in [5, 5.41) is 5.23. The second-order valence-corrected chi connectivity index (χ2v) is 9.05. The smallest absolute Gasteiger partial charge is 0.227 e. The molecule has 2 heterocycles. The van der Waals surface area contributed by atoms with Crippen LogP contribution in [0.5, 0.6) is 0 Å². The molecule has 30 heavy (non-hydrogen) atoms. The lowest BCUT2D eigenvalue weighted by atomic mass is 9.97. The highest BCUT2D eigenvalue weighted by Gasteiger charge is 2.36. The Morgan fingerprint density at radius 3 is 2.67 bits per heavy atom. The zero-order valence-corrected chi connectivity index (χ0v) is 17.9. The molecule has 1 saturated carbocycles. The van der Waals surface area contributed by atoms with E-state index in [1.54, 1.807) is 0 Å². The number of carbonyl (C=O) groups is 1. The lowest BCUT2D eigenvalue weighted by Gasteiger charge is -2.30. The van der Waals surface area contributed by atoms with Gasteiger partial charge >= 0.3 is 0 Å². The van der Waals surface area contributed by atoms with Crippen molar-refractivity contribution in [3.05, 3.63) is 70.9 Å². The van der Waals surface area contributed by atoms with Crippen LogP contribution in [-0.4, -0.2) is 34.5 Å². The standard InChI is InChI=1S/C25H28ClN3O/c26-22-9-4-10-23-24(22)20(16-28(23)15-18-6-2-1-3-7-18)17-29(21-11-12-21)25(30)19-8-5-13-27-14-19/h1-4,6-7,9-10,16,19,21,27H,5,8,11-15,17H2/t19-/m1/s1. The van der Waals surface area contributed by atoms with Crippen LogP contribution in [0, 0.1) is 5.92 Å². The molecule has 5 heteroatoms. The lowest BCUT2D eigenvalue weighted by Crippen LogP contribution is -2.43. The van der Waals surface area contributed by atoms with Gasteiger partial charge in [-0.05, 0) is 55.5 Å². The van der Waals surface area contributed by atoms with Gasteiger partial charge in [-0.15, -0.1) is 0 Å². The summed E-state index contributed by atoms with van der Waals surface area (Å²) in [6, 6.07) is 16.9. The third-order valence-corrected chi connectivity index (χ3v) is 6.70. The Kier molecular flexibility index (Phi) is 5.53. The molecule has 0 unspecified atom stereocenters. The second-order valence-electron chi connectivity index (χ2n) is 8.64. The van der Waals surface area contributed by atoms with Crippen LogP contribution < -0.4 is 5.32 Å². The van der Waals surface area contributed by atoms with Crippen molar-refractivity contribution in [3.63, 3.8) is 0 Å². The Balaban J connectivity index is 1.47. The van der Waals surface area contributed by atoms with Gasteiger partial charge in [0.05, 0.1) is 16.5 Å². The molecule has 1 saturated heterocycles.